The zero-order valence-corrected chi connectivity index (χ0v) is 16.3. The first-order chi connectivity index (χ1) is 13.4. The van der Waals surface area contributed by atoms with Crippen molar-refractivity contribution in [3.63, 3.8) is 0 Å². The fourth-order valence-corrected chi connectivity index (χ4v) is 3.09. The van der Waals surface area contributed by atoms with E-state index in [2.05, 4.69) is 15.4 Å². The molecular formula is C21H22N4O3. The predicted octanol–water partition coefficient (Wildman–Crippen LogP) is 2.88. The summed E-state index contributed by atoms with van der Waals surface area (Å²) in [6, 6.07) is 11.2. The normalized spacial score (nSPS) is 10.6. The summed E-state index contributed by atoms with van der Waals surface area (Å²) in [6.45, 7) is 5.66. The van der Waals surface area contributed by atoms with Crippen LogP contribution in [0.4, 0.5) is 5.69 Å². The van der Waals surface area contributed by atoms with Gasteiger partial charge in [0.1, 0.15) is 12.3 Å². The highest BCUT2D eigenvalue weighted by Crippen LogP contribution is 2.22. The van der Waals surface area contributed by atoms with Crippen molar-refractivity contribution < 1.29 is 9.53 Å². The third-order valence-corrected chi connectivity index (χ3v) is 4.36. The van der Waals surface area contributed by atoms with Gasteiger partial charge in [-0.3, -0.25) is 4.79 Å². The van der Waals surface area contributed by atoms with Crippen LogP contribution in [0, 0.1) is 20.8 Å². The average Bonchev–Trinajstić information content (AvgIpc) is 2.66. The van der Waals surface area contributed by atoms with E-state index in [9.17, 15) is 9.59 Å². The van der Waals surface area contributed by atoms with Crippen LogP contribution in [0.25, 0.3) is 11.3 Å². The summed E-state index contributed by atoms with van der Waals surface area (Å²) in [4.78, 5) is 28.8. The monoisotopic (exact) mass is 378 g/mol. The van der Waals surface area contributed by atoms with Crippen LogP contribution in [0.3, 0.4) is 0 Å². The Morgan fingerprint density at radius 1 is 1.14 bits per heavy atom. The van der Waals surface area contributed by atoms with Gasteiger partial charge in [-0.25, -0.2) is 9.48 Å². The van der Waals surface area contributed by atoms with Crippen molar-refractivity contribution in [2.45, 2.75) is 27.3 Å². The Kier molecular flexibility index (Phi) is 5.54. The first kappa shape index (κ1) is 19.3. The molecule has 2 aromatic carbocycles. The van der Waals surface area contributed by atoms with Gasteiger partial charge in [0.2, 0.25) is 5.91 Å². The molecule has 0 atom stereocenters. The van der Waals surface area contributed by atoms with Crippen molar-refractivity contribution in [3.8, 4) is 17.0 Å². The van der Waals surface area contributed by atoms with E-state index in [1.54, 1.807) is 25.3 Å². The molecule has 0 fully saturated rings. The average molecular weight is 378 g/mol. The summed E-state index contributed by atoms with van der Waals surface area (Å²) in [6.07, 6.45) is 1.46. The number of ether oxygens (including phenoxy) is 1. The third kappa shape index (κ3) is 4.25. The number of carbonyl (C=O) groups is 1. The van der Waals surface area contributed by atoms with Gasteiger partial charge in [0.05, 0.1) is 19.0 Å². The summed E-state index contributed by atoms with van der Waals surface area (Å²) in [5.41, 5.74) is 4.37. The number of carbonyl (C=O) groups excluding carboxylic acids is 1. The number of methoxy groups -OCH3 is 1. The third-order valence-electron chi connectivity index (χ3n) is 4.36. The molecule has 0 saturated carbocycles. The molecule has 0 aliphatic carbocycles. The minimum absolute atomic E-state index is 0.211. The fraction of sp³-hybridized carbons (Fsp3) is 0.238. The molecule has 3 aromatic rings. The van der Waals surface area contributed by atoms with Crippen LogP contribution in [0.5, 0.6) is 5.75 Å². The van der Waals surface area contributed by atoms with Crippen LogP contribution in [0.15, 0.2) is 47.4 Å². The minimum Gasteiger partial charge on any atom is -0.497 e. The van der Waals surface area contributed by atoms with Crippen LogP contribution < -0.4 is 15.7 Å². The van der Waals surface area contributed by atoms with Crippen molar-refractivity contribution >= 4 is 11.6 Å². The van der Waals surface area contributed by atoms with Gasteiger partial charge in [-0.1, -0.05) is 29.8 Å². The van der Waals surface area contributed by atoms with E-state index >= 15 is 0 Å². The zero-order chi connectivity index (χ0) is 20.3. The van der Waals surface area contributed by atoms with Crippen molar-refractivity contribution in [1.82, 2.24) is 14.8 Å². The molecule has 0 aliphatic heterocycles. The summed E-state index contributed by atoms with van der Waals surface area (Å²) >= 11 is 0. The molecule has 0 radical (unpaired) electrons. The second kappa shape index (κ2) is 8.04. The van der Waals surface area contributed by atoms with Gasteiger partial charge in [0, 0.05) is 11.3 Å². The Hall–Kier alpha value is -3.48. The highest BCUT2D eigenvalue weighted by atomic mass is 16.5. The molecule has 0 unspecified atom stereocenters. The Morgan fingerprint density at radius 2 is 1.86 bits per heavy atom. The first-order valence-corrected chi connectivity index (χ1v) is 8.83. The second-order valence-corrected chi connectivity index (χ2v) is 6.64. The molecule has 0 bridgehead atoms. The maximum absolute atomic E-state index is 12.4. The molecule has 7 nitrogen and oxygen atoms in total. The Balaban J connectivity index is 1.78. The molecule has 3 rings (SSSR count). The standard InChI is InChI=1S/C21H22N4O3/c1-13-8-14(2)20(15(3)9-13)24-19(26)12-25-21(27)23-18(11-22-25)16-6-5-7-17(10-16)28-4/h5-11H,12H2,1-4H3,(H,24,26). The molecule has 1 aromatic heterocycles. The second-order valence-electron chi connectivity index (χ2n) is 6.64. The molecule has 7 heteroatoms. The van der Waals surface area contributed by atoms with Crippen LogP contribution >= 0.6 is 0 Å². The highest BCUT2D eigenvalue weighted by molar-refractivity contribution is 5.92. The maximum Gasteiger partial charge on any atom is 0.365 e. The number of anilines is 1. The first-order valence-electron chi connectivity index (χ1n) is 8.83. The van der Waals surface area contributed by atoms with E-state index in [1.807, 2.05) is 39.0 Å². The molecule has 0 spiro atoms. The van der Waals surface area contributed by atoms with Crippen molar-refractivity contribution in [1.29, 1.82) is 0 Å². The summed E-state index contributed by atoms with van der Waals surface area (Å²) in [5.74, 6) is 0.326. The van der Waals surface area contributed by atoms with E-state index < -0.39 is 5.69 Å². The van der Waals surface area contributed by atoms with E-state index in [1.165, 1.54) is 6.20 Å². The maximum atomic E-state index is 12.4. The lowest BCUT2D eigenvalue weighted by molar-refractivity contribution is -0.117. The zero-order valence-electron chi connectivity index (χ0n) is 16.3. The van der Waals surface area contributed by atoms with Gasteiger partial charge >= 0.3 is 5.69 Å². The number of nitrogens with zero attached hydrogens (tertiary/aromatic N) is 3. The molecule has 1 heterocycles. The lowest BCUT2D eigenvalue weighted by atomic mass is 10.1. The topological polar surface area (TPSA) is 86.1 Å². The number of hydrogen-bond acceptors (Lipinski definition) is 5. The van der Waals surface area contributed by atoms with Crippen LogP contribution in [-0.2, 0) is 11.3 Å². The molecule has 144 valence electrons. The molecule has 0 aliphatic rings. The van der Waals surface area contributed by atoms with Crippen LogP contribution in [0.2, 0.25) is 0 Å². The molecule has 1 N–H and O–H groups in total. The Morgan fingerprint density at radius 3 is 2.50 bits per heavy atom. The lowest BCUT2D eigenvalue weighted by Crippen LogP contribution is -2.31. The summed E-state index contributed by atoms with van der Waals surface area (Å²) in [5, 5.41) is 6.95. The van der Waals surface area contributed by atoms with Gasteiger partial charge in [0.15, 0.2) is 0 Å². The number of benzene rings is 2. The molecule has 1 amide bonds. The van der Waals surface area contributed by atoms with Gasteiger partial charge in [-0.05, 0) is 44.0 Å². The van der Waals surface area contributed by atoms with Crippen molar-refractivity contribution in [2.75, 3.05) is 12.4 Å². The van der Waals surface area contributed by atoms with E-state index in [0.717, 1.165) is 27.1 Å². The molecular weight excluding hydrogens is 356 g/mol. The van der Waals surface area contributed by atoms with Gasteiger partial charge in [-0.2, -0.15) is 10.1 Å². The van der Waals surface area contributed by atoms with E-state index in [0.29, 0.717) is 17.0 Å². The van der Waals surface area contributed by atoms with Crippen LogP contribution in [0.1, 0.15) is 16.7 Å². The molecule has 0 saturated heterocycles. The number of rotatable bonds is 5. The lowest BCUT2D eigenvalue weighted by Gasteiger charge is -2.13. The summed E-state index contributed by atoms with van der Waals surface area (Å²) < 4.78 is 6.22. The smallest absolute Gasteiger partial charge is 0.365 e. The quantitative estimate of drug-likeness (QED) is 0.738. The van der Waals surface area contributed by atoms with Crippen molar-refractivity contribution in [3.05, 3.63) is 69.8 Å². The Labute approximate surface area is 163 Å². The van der Waals surface area contributed by atoms with E-state index in [-0.39, 0.29) is 12.5 Å². The Bertz CT molecular complexity index is 1070. The number of amides is 1. The highest BCUT2D eigenvalue weighted by Gasteiger charge is 2.12. The van der Waals surface area contributed by atoms with Gasteiger partial charge in [0.25, 0.3) is 0 Å². The molecule has 28 heavy (non-hydrogen) atoms. The fourth-order valence-electron chi connectivity index (χ4n) is 3.09. The number of nitrogens with one attached hydrogen (secondary N) is 1. The minimum atomic E-state index is -0.590. The predicted molar refractivity (Wildman–Crippen MR) is 108 cm³/mol. The van der Waals surface area contributed by atoms with Gasteiger partial charge < -0.3 is 10.1 Å². The largest absolute Gasteiger partial charge is 0.497 e. The van der Waals surface area contributed by atoms with Crippen LogP contribution in [-0.4, -0.2) is 27.8 Å². The SMILES string of the molecule is COc1cccc(-c2cnn(CC(=O)Nc3c(C)cc(C)cc3C)c(=O)n2)c1. The summed E-state index contributed by atoms with van der Waals surface area (Å²) in [7, 11) is 1.57. The van der Waals surface area contributed by atoms with E-state index in [4.69, 9.17) is 4.74 Å². The number of aryl methyl sites for hydroxylation is 3. The van der Waals surface area contributed by atoms with Gasteiger partial charge in [-0.15, -0.1) is 0 Å². The number of aromatic nitrogens is 3. The number of hydrogen-bond donors (Lipinski definition) is 1. The van der Waals surface area contributed by atoms with Crippen molar-refractivity contribution in [2.24, 2.45) is 0 Å².